The van der Waals surface area contributed by atoms with Crippen LogP contribution in [0.2, 0.25) is 0 Å². The summed E-state index contributed by atoms with van der Waals surface area (Å²) in [4.78, 5) is 12.2. The summed E-state index contributed by atoms with van der Waals surface area (Å²) in [6, 6.07) is 3.62. The Bertz CT molecular complexity index is 367. The Kier molecular flexibility index (Phi) is 3.52. The molecule has 2 unspecified atom stereocenters. The number of piperidine rings is 1. The minimum atomic E-state index is -0.431. The highest BCUT2D eigenvalue weighted by Crippen LogP contribution is 2.21. The van der Waals surface area contributed by atoms with Crippen molar-refractivity contribution in [2.24, 2.45) is 0 Å². The molecule has 1 aromatic rings. The monoisotopic (exact) mass is 236 g/mol. The maximum atomic E-state index is 12.2. The SMILES string of the molecule is CC(NC(=O)C1(C)CCCCN1)c1ccco1. The van der Waals surface area contributed by atoms with Crippen molar-refractivity contribution in [1.82, 2.24) is 10.6 Å². The average Bonchev–Trinajstić information content (AvgIpc) is 2.83. The third-order valence-corrected chi connectivity index (χ3v) is 3.44. The molecule has 4 nitrogen and oxygen atoms in total. The summed E-state index contributed by atoms with van der Waals surface area (Å²) in [5.41, 5.74) is -0.431. The topological polar surface area (TPSA) is 54.3 Å². The molecule has 2 rings (SSSR count). The van der Waals surface area contributed by atoms with Gasteiger partial charge in [0.2, 0.25) is 5.91 Å². The van der Waals surface area contributed by atoms with Gasteiger partial charge in [0.1, 0.15) is 5.76 Å². The van der Waals surface area contributed by atoms with Crippen molar-refractivity contribution in [3.63, 3.8) is 0 Å². The first-order chi connectivity index (χ1) is 8.12. The van der Waals surface area contributed by atoms with Crippen LogP contribution in [0.1, 0.15) is 44.9 Å². The molecule has 2 N–H and O–H groups in total. The number of amides is 1. The second-order valence-electron chi connectivity index (χ2n) is 4.93. The lowest BCUT2D eigenvalue weighted by molar-refractivity contribution is -0.128. The first-order valence-electron chi connectivity index (χ1n) is 6.21. The first kappa shape index (κ1) is 12.2. The van der Waals surface area contributed by atoms with Crippen LogP contribution in [0.4, 0.5) is 0 Å². The van der Waals surface area contributed by atoms with Gasteiger partial charge in [-0.3, -0.25) is 4.79 Å². The predicted molar refractivity (Wildman–Crippen MR) is 65.5 cm³/mol. The van der Waals surface area contributed by atoms with Gasteiger partial charge >= 0.3 is 0 Å². The largest absolute Gasteiger partial charge is 0.467 e. The van der Waals surface area contributed by atoms with Crippen LogP contribution < -0.4 is 10.6 Å². The highest BCUT2D eigenvalue weighted by molar-refractivity contribution is 5.86. The number of nitrogens with one attached hydrogen (secondary N) is 2. The van der Waals surface area contributed by atoms with E-state index in [1.54, 1.807) is 6.26 Å². The molecule has 94 valence electrons. The summed E-state index contributed by atoms with van der Waals surface area (Å²) < 4.78 is 5.28. The maximum Gasteiger partial charge on any atom is 0.240 e. The molecule has 2 heterocycles. The Labute approximate surface area is 102 Å². The van der Waals surface area contributed by atoms with Crippen LogP contribution in [-0.4, -0.2) is 18.0 Å². The van der Waals surface area contributed by atoms with Gasteiger partial charge in [0.05, 0.1) is 17.8 Å². The fourth-order valence-corrected chi connectivity index (χ4v) is 2.21. The van der Waals surface area contributed by atoms with Crippen molar-refractivity contribution in [1.29, 1.82) is 0 Å². The van der Waals surface area contributed by atoms with E-state index in [-0.39, 0.29) is 11.9 Å². The van der Waals surface area contributed by atoms with E-state index in [2.05, 4.69) is 10.6 Å². The van der Waals surface area contributed by atoms with Crippen LogP contribution in [0.3, 0.4) is 0 Å². The van der Waals surface area contributed by atoms with E-state index in [0.29, 0.717) is 0 Å². The number of carbonyl (C=O) groups is 1. The van der Waals surface area contributed by atoms with E-state index >= 15 is 0 Å². The second-order valence-corrected chi connectivity index (χ2v) is 4.93. The van der Waals surface area contributed by atoms with Crippen molar-refractivity contribution in [3.05, 3.63) is 24.2 Å². The number of hydrogen-bond acceptors (Lipinski definition) is 3. The smallest absolute Gasteiger partial charge is 0.240 e. The summed E-state index contributed by atoms with van der Waals surface area (Å²) in [7, 11) is 0. The third-order valence-electron chi connectivity index (χ3n) is 3.44. The third kappa shape index (κ3) is 2.69. The average molecular weight is 236 g/mol. The molecule has 0 aliphatic carbocycles. The molecule has 1 aliphatic rings. The van der Waals surface area contributed by atoms with Gasteiger partial charge in [-0.05, 0) is 51.8 Å². The summed E-state index contributed by atoms with van der Waals surface area (Å²) >= 11 is 0. The van der Waals surface area contributed by atoms with Crippen molar-refractivity contribution in [3.8, 4) is 0 Å². The van der Waals surface area contributed by atoms with Crippen LogP contribution in [-0.2, 0) is 4.79 Å². The zero-order valence-electron chi connectivity index (χ0n) is 10.5. The predicted octanol–water partition coefficient (Wildman–Crippen LogP) is 1.99. The molecule has 0 saturated carbocycles. The molecule has 1 aliphatic heterocycles. The summed E-state index contributed by atoms with van der Waals surface area (Å²) in [6.45, 7) is 4.82. The fraction of sp³-hybridized carbons (Fsp3) is 0.615. The lowest BCUT2D eigenvalue weighted by Gasteiger charge is -2.34. The maximum absolute atomic E-state index is 12.2. The lowest BCUT2D eigenvalue weighted by Crippen LogP contribution is -2.57. The molecule has 0 radical (unpaired) electrons. The molecule has 1 saturated heterocycles. The number of hydrogen-bond donors (Lipinski definition) is 2. The van der Waals surface area contributed by atoms with E-state index < -0.39 is 5.54 Å². The van der Waals surface area contributed by atoms with Gasteiger partial charge in [-0.2, -0.15) is 0 Å². The van der Waals surface area contributed by atoms with E-state index in [1.165, 1.54) is 0 Å². The summed E-state index contributed by atoms with van der Waals surface area (Å²) in [5, 5.41) is 6.30. The minimum absolute atomic E-state index is 0.0566. The van der Waals surface area contributed by atoms with Crippen LogP contribution in [0.5, 0.6) is 0 Å². The normalized spacial score (nSPS) is 26.5. The molecule has 1 fully saturated rings. The van der Waals surface area contributed by atoms with Gasteiger partial charge in [-0.15, -0.1) is 0 Å². The van der Waals surface area contributed by atoms with Crippen LogP contribution >= 0.6 is 0 Å². The standard InChI is InChI=1S/C13H20N2O2/c1-10(11-6-5-9-17-11)15-12(16)13(2)7-3-4-8-14-13/h5-6,9-10,14H,3-4,7-8H2,1-2H3,(H,15,16). The lowest BCUT2D eigenvalue weighted by atomic mass is 9.90. The highest BCUT2D eigenvalue weighted by Gasteiger charge is 2.35. The molecule has 1 aromatic heterocycles. The molecular formula is C13H20N2O2. The second kappa shape index (κ2) is 4.92. The molecular weight excluding hydrogens is 216 g/mol. The van der Waals surface area contributed by atoms with Crippen LogP contribution in [0, 0.1) is 0 Å². The van der Waals surface area contributed by atoms with E-state index in [1.807, 2.05) is 26.0 Å². The van der Waals surface area contributed by atoms with Gasteiger partial charge in [0.25, 0.3) is 0 Å². The summed E-state index contributed by atoms with van der Waals surface area (Å²) in [6.07, 6.45) is 4.77. The van der Waals surface area contributed by atoms with Crippen molar-refractivity contribution < 1.29 is 9.21 Å². The van der Waals surface area contributed by atoms with Crippen molar-refractivity contribution in [2.75, 3.05) is 6.54 Å². The fourth-order valence-electron chi connectivity index (χ4n) is 2.21. The zero-order chi connectivity index (χ0) is 12.3. The Morgan fingerprint density at radius 2 is 2.41 bits per heavy atom. The molecule has 1 amide bonds. The van der Waals surface area contributed by atoms with Gasteiger partial charge in [-0.25, -0.2) is 0 Å². The van der Waals surface area contributed by atoms with Crippen LogP contribution in [0.25, 0.3) is 0 Å². The molecule has 0 bridgehead atoms. The molecule has 0 aromatic carbocycles. The van der Waals surface area contributed by atoms with E-state index in [9.17, 15) is 4.79 Å². The van der Waals surface area contributed by atoms with Gasteiger partial charge < -0.3 is 15.1 Å². The first-order valence-corrected chi connectivity index (χ1v) is 6.21. The zero-order valence-corrected chi connectivity index (χ0v) is 10.5. The van der Waals surface area contributed by atoms with Crippen molar-refractivity contribution in [2.45, 2.75) is 44.7 Å². The van der Waals surface area contributed by atoms with E-state index in [0.717, 1.165) is 31.6 Å². The molecule has 2 atom stereocenters. The summed E-state index contributed by atoms with van der Waals surface area (Å²) in [5.74, 6) is 0.846. The number of carbonyl (C=O) groups excluding carboxylic acids is 1. The van der Waals surface area contributed by atoms with Gasteiger partial charge in [0, 0.05) is 0 Å². The number of rotatable bonds is 3. The Morgan fingerprint density at radius 3 is 3.00 bits per heavy atom. The Morgan fingerprint density at radius 1 is 1.59 bits per heavy atom. The molecule has 17 heavy (non-hydrogen) atoms. The molecule has 0 spiro atoms. The molecule has 4 heteroatoms. The van der Waals surface area contributed by atoms with Crippen molar-refractivity contribution >= 4 is 5.91 Å². The van der Waals surface area contributed by atoms with Gasteiger partial charge in [0.15, 0.2) is 0 Å². The van der Waals surface area contributed by atoms with E-state index in [4.69, 9.17) is 4.42 Å². The van der Waals surface area contributed by atoms with Gasteiger partial charge in [-0.1, -0.05) is 0 Å². The quantitative estimate of drug-likeness (QED) is 0.844. The highest BCUT2D eigenvalue weighted by atomic mass is 16.3. The number of furan rings is 1. The van der Waals surface area contributed by atoms with Crippen LogP contribution in [0.15, 0.2) is 22.8 Å². The Hall–Kier alpha value is -1.29. The Balaban J connectivity index is 1.96. The minimum Gasteiger partial charge on any atom is -0.467 e.